The number of para-hydroxylation sites is 2. The highest BCUT2D eigenvalue weighted by Gasteiger charge is 2.29. The predicted molar refractivity (Wildman–Crippen MR) is 126 cm³/mol. The Morgan fingerprint density at radius 2 is 1.82 bits per heavy atom. The van der Waals surface area contributed by atoms with E-state index in [1.807, 2.05) is 61.5 Å². The third kappa shape index (κ3) is 3.80. The van der Waals surface area contributed by atoms with Crippen LogP contribution in [-0.4, -0.2) is 51.5 Å². The highest BCUT2D eigenvalue weighted by molar-refractivity contribution is 6.13. The summed E-state index contributed by atoms with van der Waals surface area (Å²) in [5.74, 6) is -0.664. The van der Waals surface area contributed by atoms with Crippen molar-refractivity contribution in [3.05, 3.63) is 60.3 Å². The first-order valence-electron chi connectivity index (χ1n) is 11.2. The molecule has 168 valence electrons. The quantitative estimate of drug-likeness (QED) is 0.465. The molecule has 7 nitrogen and oxygen atoms in total. The minimum absolute atomic E-state index is 0.179. The van der Waals surface area contributed by atoms with E-state index in [1.165, 1.54) is 0 Å². The minimum Gasteiger partial charge on any atom is -0.493 e. The predicted octanol–water partition coefficient (Wildman–Crippen LogP) is 4.72. The molecule has 0 aliphatic carbocycles. The Bertz CT molecular complexity index is 1350. The summed E-state index contributed by atoms with van der Waals surface area (Å²) >= 11 is 0. The Morgan fingerprint density at radius 1 is 1.09 bits per heavy atom. The summed E-state index contributed by atoms with van der Waals surface area (Å²) in [6.45, 7) is 3.27. The normalized spacial score (nSPS) is 14.6. The van der Waals surface area contributed by atoms with Gasteiger partial charge in [-0.15, -0.1) is 0 Å². The summed E-state index contributed by atoms with van der Waals surface area (Å²) in [5, 5.41) is 11.2. The number of aromatic nitrogens is 2. The van der Waals surface area contributed by atoms with Gasteiger partial charge < -0.3 is 19.7 Å². The highest BCUT2D eigenvalue weighted by Crippen LogP contribution is 2.37. The van der Waals surface area contributed by atoms with Gasteiger partial charge in [0.05, 0.1) is 23.7 Å². The lowest BCUT2D eigenvalue weighted by atomic mass is 9.97. The Labute approximate surface area is 191 Å². The second kappa shape index (κ2) is 8.58. The summed E-state index contributed by atoms with van der Waals surface area (Å²) in [5.41, 5.74) is 3.65. The Morgan fingerprint density at radius 3 is 2.58 bits per heavy atom. The molecule has 2 aromatic heterocycles. The molecule has 0 atom stereocenters. The number of carboxylic acids is 1. The number of carboxylic acid groups (broad SMARTS) is 1. The van der Waals surface area contributed by atoms with Crippen molar-refractivity contribution in [1.82, 2.24) is 14.9 Å². The molecule has 1 aliphatic rings. The second-order valence-corrected chi connectivity index (χ2v) is 8.28. The van der Waals surface area contributed by atoms with Gasteiger partial charge in [-0.1, -0.05) is 30.3 Å². The van der Waals surface area contributed by atoms with Crippen LogP contribution >= 0.6 is 0 Å². The Balaban J connectivity index is 1.64. The van der Waals surface area contributed by atoms with Gasteiger partial charge in [0, 0.05) is 34.9 Å². The van der Waals surface area contributed by atoms with Crippen molar-refractivity contribution in [2.24, 2.45) is 5.92 Å². The summed E-state index contributed by atoms with van der Waals surface area (Å²) in [6.07, 6.45) is 0.910. The van der Waals surface area contributed by atoms with E-state index in [9.17, 15) is 14.7 Å². The van der Waals surface area contributed by atoms with Crippen molar-refractivity contribution >= 4 is 33.7 Å². The zero-order chi connectivity index (χ0) is 22.9. The van der Waals surface area contributed by atoms with Gasteiger partial charge in [0.1, 0.15) is 11.4 Å². The average molecular weight is 444 g/mol. The van der Waals surface area contributed by atoms with Crippen LogP contribution in [0.3, 0.4) is 0 Å². The SMILES string of the molecule is CCOc1ccccc1-c1nc(C(=O)N2CCC(C(=O)O)CC2)cc2c1[nH]c1ccccc12. The van der Waals surface area contributed by atoms with E-state index >= 15 is 0 Å². The lowest BCUT2D eigenvalue weighted by Gasteiger charge is -2.30. The van der Waals surface area contributed by atoms with Crippen molar-refractivity contribution in [1.29, 1.82) is 0 Å². The van der Waals surface area contributed by atoms with Crippen LogP contribution in [0, 0.1) is 5.92 Å². The molecule has 1 saturated heterocycles. The first kappa shape index (κ1) is 21.0. The van der Waals surface area contributed by atoms with E-state index in [4.69, 9.17) is 9.72 Å². The van der Waals surface area contributed by atoms with Crippen LogP contribution in [0.2, 0.25) is 0 Å². The van der Waals surface area contributed by atoms with Crippen LogP contribution in [0.5, 0.6) is 5.75 Å². The van der Waals surface area contributed by atoms with Crippen molar-refractivity contribution in [2.45, 2.75) is 19.8 Å². The lowest BCUT2D eigenvalue weighted by Crippen LogP contribution is -2.40. The van der Waals surface area contributed by atoms with Crippen LogP contribution in [-0.2, 0) is 4.79 Å². The number of amides is 1. The van der Waals surface area contributed by atoms with Gasteiger partial charge in [-0.3, -0.25) is 9.59 Å². The van der Waals surface area contributed by atoms with Gasteiger partial charge in [0.2, 0.25) is 0 Å². The number of aliphatic carboxylic acids is 1. The number of benzene rings is 2. The van der Waals surface area contributed by atoms with Crippen molar-refractivity contribution in [3.8, 4) is 17.0 Å². The molecule has 1 amide bonds. The van der Waals surface area contributed by atoms with Crippen LogP contribution in [0.25, 0.3) is 33.1 Å². The average Bonchev–Trinajstić information content (AvgIpc) is 3.22. The number of fused-ring (bicyclic) bond motifs is 3. The number of aromatic amines is 1. The number of carbonyl (C=O) groups is 2. The van der Waals surface area contributed by atoms with E-state index in [2.05, 4.69) is 4.98 Å². The van der Waals surface area contributed by atoms with E-state index in [0.717, 1.165) is 27.4 Å². The molecule has 33 heavy (non-hydrogen) atoms. The standard InChI is InChI=1S/C26H25N3O4/c1-2-33-22-10-6-4-8-18(22)23-24-19(17-7-3-5-9-20(17)27-24)15-21(28-23)25(30)29-13-11-16(12-14-29)26(31)32/h3-10,15-16,27H,2,11-14H2,1H3,(H,31,32). The number of hydrogen-bond donors (Lipinski definition) is 2. The first-order valence-corrected chi connectivity index (χ1v) is 11.2. The molecule has 0 radical (unpaired) electrons. The minimum atomic E-state index is -0.796. The molecule has 2 N–H and O–H groups in total. The molecule has 0 bridgehead atoms. The monoisotopic (exact) mass is 443 g/mol. The zero-order valence-electron chi connectivity index (χ0n) is 18.4. The number of pyridine rings is 1. The van der Waals surface area contributed by atoms with E-state index in [-0.39, 0.29) is 5.91 Å². The van der Waals surface area contributed by atoms with Crippen molar-refractivity contribution < 1.29 is 19.4 Å². The van der Waals surface area contributed by atoms with Crippen LogP contribution in [0.1, 0.15) is 30.3 Å². The van der Waals surface area contributed by atoms with Gasteiger partial charge in [0.15, 0.2) is 0 Å². The van der Waals surface area contributed by atoms with Crippen molar-refractivity contribution in [3.63, 3.8) is 0 Å². The molecule has 0 saturated carbocycles. The number of hydrogen-bond acceptors (Lipinski definition) is 4. The van der Waals surface area contributed by atoms with Gasteiger partial charge >= 0.3 is 5.97 Å². The molecule has 3 heterocycles. The Hall–Kier alpha value is -3.87. The lowest BCUT2D eigenvalue weighted by molar-refractivity contribution is -0.143. The number of nitrogens with zero attached hydrogens (tertiary/aromatic N) is 2. The number of likely N-dealkylation sites (tertiary alicyclic amines) is 1. The van der Waals surface area contributed by atoms with Crippen molar-refractivity contribution in [2.75, 3.05) is 19.7 Å². The molecule has 0 spiro atoms. The number of piperidine rings is 1. The van der Waals surface area contributed by atoms with Gasteiger partial charge in [-0.25, -0.2) is 4.98 Å². The first-order chi connectivity index (χ1) is 16.1. The molecular weight excluding hydrogens is 418 g/mol. The number of nitrogens with one attached hydrogen (secondary N) is 1. The van der Waals surface area contributed by atoms with E-state index < -0.39 is 11.9 Å². The molecule has 7 heteroatoms. The Kier molecular flexibility index (Phi) is 5.46. The third-order valence-electron chi connectivity index (χ3n) is 6.29. The maximum atomic E-state index is 13.4. The van der Waals surface area contributed by atoms with E-state index in [0.29, 0.717) is 49.7 Å². The molecule has 4 aromatic rings. The molecule has 1 aliphatic heterocycles. The maximum absolute atomic E-state index is 13.4. The van der Waals surface area contributed by atoms with Crippen LogP contribution in [0.4, 0.5) is 0 Å². The number of ether oxygens (including phenoxy) is 1. The van der Waals surface area contributed by atoms with Gasteiger partial charge in [-0.05, 0) is 44.0 Å². The topological polar surface area (TPSA) is 95.5 Å². The fraction of sp³-hybridized carbons (Fsp3) is 0.269. The van der Waals surface area contributed by atoms with Gasteiger partial charge in [-0.2, -0.15) is 0 Å². The zero-order valence-corrected chi connectivity index (χ0v) is 18.4. The van der Waals surface area contributed by atoms with Crippen LogP contribution in [0.15, 0.2) is 54.6 Å². The second-order valence-electron chi connectivity index (χ2n) is 8.28. The number of H-pyrrole nitrogens is 1. The maximum Gasteiger partial charge on any atom is 0.306 e. The molecule has 1 fully saturated rings. The summed E-state index contributed by atoms with van der Waals surface area (Å²) < 4.78 is 5.86. The molecule has 2 aromatic carbocycles. The summed E-state index contributed by atoms with van der Waals surface area (Å²) in [6, 6.07) is 17.5. The fourth-order valence-electron chi connectivity index (χ4n) is 4.59. The van der Waals surface area contributed by atoms with E-state index in [1.54, 1.807) is 4.90 Å². The summed E-state index contributed by atoms with van der Waals surface area (Å²) in [7, 11) is 0. The van der Waals surface area contributed by atoms with Crippen LogP contribution < -0.4 is 4.74 Å². The fourth-order valence-corrected chi connectivity index (χ4v) is 4.59. The van der Waals surface area contributed by atoms with Gasteiger partial charge in [0.25, 0.3) is 5.91 Å². The highest BCUT2D eigenvalue weighted by atomic mass is 16.5. The number of carbonyl (C=O) groups excluding carboxylic acids is 1. The molecular formula is C26H25N3O4. The number of rotatable bonds is 5. The largest absolute Gasteiger partial charge is 0.493 e. The smallest absolute Gasteiger partial charge is 0.306 e. The third-order valence-corrected chi connectivity index (χ3v) is 6.29. The molecule has 5 rings (SSSR count). The summed E-state index contributed by atoms with van der Waals surface area (Å²) in [4.78, 5) is 34.7. The molecule has 0 unspecified atom stereocenters.